The molecule has 0 radical (unpaired) electrons. The van der Waals surface area contributed by atoms with Crippen molar-refractivity contribution in [2.75, 3.05) is 4.90 Å². The van der Waals surface area contributed by atoms with Crippen LogP contribution >= 0.6 is 11.3 Å². The van der Waals surface area contributed by atoms with E-state index in [0.29, 0.717) is 0 Å². The molecule has 10 aromatic carbocycles. The third-order valence-corrected chi connectivity index (χ3v) is 13.0. The predicted octanol–water partition coefficient (Wildman–Crippen LogP) is 17.0. The maximum Gasteiger partial charge on any atom is 0.0468 e. The Morgan fingerprint density at radius 1 is 0.250 bits per heavy atom. The lowest BCUT2D eigenvalue weighted by Crippen LogP contribution is -2.09. The van der Waals surface area contributed by atoms with Crippen molar-refractivity contribution < 1.29 is 0 Å². The van der Waals surface area contributed by atoms with Crippen molar-refractivity contribution in [3.8, 4) is 55.6 Å². The number of thiophene rings is 1. The minimum absolute atomic E-state index is 1.11. The van der Waals surface area contributed by atoms with E-state index in [0.717, 1.165) is 17.1 Å². The molecule has 0 aliphatic carbocycles. The van der Waals surface area contributed by atoms with Crippen LogP contribution in [-0.4, -0.2) is 0 Å². The van der Waals surface area contributed by atoms with E-state index >= 15 is 0 Å². The van der Waals surface area contributed by atoms with Gasteiger partial charge in [-0.1, -0.05) is 194 Å². The van der Waals surface area contributed by atoms with E-state index in [1.54, 1.807) is 0 Å². The number of rotatable bonds is 8. The fraction of sp³-hybridized carbons (Fsp3) is 0. The summed E-state index contributed by atoms with van der Waals surface area (Å²) < 4.78 is 2.67. The normalized spacial score (nSPS) is 11.3. The number of benzene rings is 10. The quantitative estimate of drug-likeness (QED) is 0.148. The third kappa shape index (κ3) is 6.63. The van der Waals surface area contributed by atoms with Gasteiger partial charge in [0.05, 0.1) is 0 Å². The zero-order valence-corrected chi connectivity index (χ0v) is 33.7. The van der Waals surface area contributed by atoms with Gasteiger partial charge in [0, 0.05) is 37.2 Å². The number of anilines is 3. The molecule has 1 nitrogen and oxygen atoms in total. The zero-order chi connectivity index (χ0) is 39.8. The van der Waals surface area contributed by atoms with Gasteiger partial charge < -0.3 is 4.90 Å². The van der Waals surface area contributed by atoms with Crippen LogP contribution in [0.25, 0.3) is 86.6 Å². The average Bonchev–Trinajstić information content (AvgIpc) is 3.72. The molecule has 0 atom stereocenters. The Kier molecular flexibility index (Phi) is 9.11. The van der Waals surface area contributed by atoms with E-state index < -0.39 is 0 Å². The van der Waals surface area contributed by atoms with E-state index in [4.69, 9.17) is 0 Å². The predicted molar refractivity (Wildman–Crippen MR) is 259 cm³/mol. The SMILES string of the molecule is c1ccc(-c2ccc(N(c3ccc(-c4ccc(-c5cccc(-c6cccc7c6sc6c(-c8ccccc8)cccc67)c5)cc4)cc3)c3ccc4ccccc4c3)cc2)cc1. The fourth-order valence-corrected chi connectivity index (χ4v) is 9.99. The first-order valence-corrected chi connectivity index (χ1v) is 21.3. The molecule has 0 fully saturated rings. The summed E-state index contributed by atoms with van der Waals surface area (Å²) in [6, 6.07) is 85.9. The molecule has 11 rings (SSSR count). The Balaban J connectivity index is 0.893. The van der Waals surface area contributed by atoms with E-state index in [-0.39, 0.29) is 0 Å². The summed E-state index contributed by atoms with van der Waals surface area (Å²) in [5, 5.41) is 5.08. The average molecular weight is 782 g/mol. The van der Waals surface area contributed by atoms with Crippen molar-refractivity contribution in [1.29, 1.82) is 0 Å². The molecule has 0 aliphatic heterocycles. The number of hydrogen-bond acceptors (Lipinski definition) is 2. The van der Waals surface area contributed by atoms with Crippen LogP contribution in [0, 0.1) is 0 Å². The summed E-state index contributed by atoms with van der Waals surface area (Å²) in [6.07, 6.45) is 0. The topological polar surface area (TPSA) is 3.24 Å². The van der Waals surface area contributed by atoms with Crippen LogP contribution in [-0.2, 0) is 0 Å². The van der Waals surface area contributed by atoms with Crippen LogP contribution < -0.4 is 4.90 Å². The first-order valence-electron chi connectivity index (χ1n) is 20.5. The molecule has 1 aromatic heterocycles. The molecule has 0 amide bonds. The second-order valence-electron chi connectivity index (χ2n) is 15.3. The van der Waals surface area contributed by atoms with Gasteiger partial charge in [-0.3, -0.25) is 0 Å². The van der Waals surface area contributed by atoms with Crippen LogP contribution in [0.3, 0.4) is 0 Å². The number of fused-ring (bicyclic) bond motifs is 4. The van der Waals surface area contributed by atoms with Crippen molar-refractivity contribution >= 4 is 59.3 Å². The van der Waals surface area contributed by atoms with Gasteiger partial charge in [-0.15, -0.1) is 11.3 Å². The lowest BCUT2D eigenvalue weighted by Gasteiger charge is -2.26. The molecular formula is C58H39NS. The summed E-state index contributed by atoms with van der Waals surface area (Å²) in [6.45, 7) is 0. The lowest BCUT2D eigenvalue weighted by atomic mass is 9.96. The lowest BCUT2D eigenvalue weighted by molar-refractivity contribution is 1.29. The Bertz CT molecular complexity index is 3270. The van der Waals surface area contributed by atoms with E-state index in [1.165, 1.54) is 86.6 Å². The Morgan fingerprint density at radius 3 is 1.27 bits per heavy atom. The fourth-order valence-electron chi connectivity index (χ4n) is 8.61. The standard InChI is InChI=1S/C58H39NS/c1-3-12-40(13-4-1)43-28-33-50(34-29-43)59(52-37-32-41-14-7-8-17-48(41)39-52)51-35-30-44(31-36-51)42-24-26-45(27-25-42)47-18-9-19-49(38-47)54-21-11-23-56-55-22-10-20-53(57(55)60-58(54)56)46-15-5-2-6-16-46/h1-39H. The molecule has 0 saturated carbocycles. The van der Waals surface area contributed by atoms with Gasteiger partial charge in [0.15, 0.2) is 0 Å². The summed E-state index contributed by atoms with van der Waals surface area (Å²) in [7, 11) is 0. The highest BCUT2D eigenvalue weighted by Crippen LogP contribution is 2.44. The molecule has 0 spiro atoms. The van der Waals surface area contributed by atoms with E-state index in [2.05, 4.69) is 241 Å². The highest BCUT2D eigenvalue weighted by molar-refractivity contribution is 7.26. The van der Waals surface area contributed by atoms with Gasteiger partial charge >= 0.3 is 0 Å². The van der Waals surface area contributed by atoms with Crippen LogP contribution in [0.4, 0.5) is 17.1 Å². The highest BCUT2D eigenvalue weighted by atomic mass is 32.1. The molecule has 0 saturated heterocycles. The zero-order valence-electron chi connectivity index (χ0n) is 32.9. The van der Waals surface area contributed by atoms with Crippen LogP contribution in [0.2, 0.25) is 0 Å². The van der Waals surface area contributed by atoms with E-state index in [1.807, 2.05) is 11.3 Å². The first kappa shape index (κ1) is 35.6. The molecule has 0 N–H and O–H groups in total. The number of nitrogens with zero attached hydrogens (tertiary/aromatic N) is 1. The van der Waals surface area contributed by atoms with Gasteiger partial charge in [-0.25, -0.2) is 0 Å². The second kappa shape index (κ2) is 15.3. The molecule has 2 heteroatoms. The third-order valence-electron chi connectivity index (χ3n) is 11.7. The summed E-state index contributed by atoms with van der Waals surface area (Å²) >= 11 is 1.90. The molecule has 0 aliphatic rings. The van der Waals surface area contributed by atoms with Crippen molar-refractivity contribution in [3.63, 3.8) is 0 Å². The van der Waals surface area contributed by atoms with E-state index in [9.17, 15) is 0 Å². The first-order chi connectivity index (χ1) is 29.7. The Labute approximate surface area is 354 Å². The van der Waals surface area contributed by atoms with Gasteiger partial charge in [-0.05, 0) is 109 Å². The van der Waals surface area contributed by atoms with Crippen molar-refractivity contribution in [2.45, 2.75) is 0 Å². The minimum Gasteiger partial charge on any atom is -0.310 e. The highest BCUT2D eigenvalue weighted by Gasteiger charge is 2.16. The van der Waals surface area contributed by atoms with Crippen LogP contribution in [0.5, 0.6) is 0 Å². The summed E-state index contributed by atoms with van der Waals surface area (Å²) in [4.78, 5) is 2.35. The molecule has 11 aromatic rings. The molecule has 0 unspecified atom stereocenters. The Morgan fingerprint density at radius 2 is 0.667 bits per heavy atom. The second-order valence-corrected chi connectivity index (χ2v) is 16.3. The van der Waals surface area contributed by atoms with Crippen LogP contribution in [0.15, 0.2) is 237 Å². The number of hydrogen-bond donors (Lipinski definition) is 0. The van der Waals surface area contributed by atoms with Crippen molar-refractivity contribution in [1.82, 2.24) is 0 Å². The van der Waals surface area contributed by atoms with Crippen molar-refractivity contribution in [3.05, 3.63) is 237 Å². The van der Waals surface area contributed by atoms with Gasteiger partial charge in [0.1, 0.15) is 0 Å². The van der Waals surface area contributed by atoms with Gasteiger partial charge in [0.2, 0.25) is 0 Å². The maximum absolute atomic E-state index is 2.35. The van der Waals surface area contributed by atoms with Gasteiger partial charge in [-0.2, -0.15) is 0 Å². The van der Waals surface area contributed by atoms with Gasteiger partial charge in [0.25, 0.3) is 0 Å². The Hall–Kier alpha value is -7.52. The molecule has 1 heterocycles. The smallest absolute Gasteiger partial charge is 0.0468 e. The monoisotopic (exact) mass is 781 g/mol. The largest absolute Gasteiger partial charge is 0.310 e. The molecular weight excluding hydrogens is 743 g/mol. The minimum atomic E-state index is 1.11. The molecule has 0 bridgehead atoms. The maximum atomic E-state index is 2.35. The van der Waals surface area contributed by atoms with Crippen LogP contribution in [0.1, 0.15) is 0 Å². The summed E-state index contributed by atoms with van der Waals surface area (Å²) in [5.41, 5.74) is 15.6. The summed E-state index contributed by atoms with van der Waals surface area (Å²) in [5.74, 6) is 0. The molecule has 282 valence electrons. The molecule has 60 heavy (non-hydrogen) atoms. The van der Waals surface area contributed by atoms with Crippen molar-refractivity contribution in [2.24, 2.45) is 0 Å².